The van der Waals surface area contributed by atoms with Crippen molar-refractivity contribution in [2.75, 3.05) is 12.3 Å². The van der Waals surface area contributed by atoms with Gasteiger partial charge in [-0.05, 0) is 6.92 Å². The molecule has 0 unspecified atom stereocenters. The average Bonchev–Trinajstić information content (AvgIpc) is 3.17. The van der Waals surface area contributed by atoms with Crippen LogP contribution < -0.4 is 17.2 Å². The van der Waals surface area contributed by atoms with Crippen LogP contribution in [0.15, 0.2) is 12.7 Å². The van der Waals surface area contributed by atoms with Crippen LogP contribution in [-0.4, -0.2) is 82.9 Å². The molecule has 1 aliphatic heterocycles. The molecule has 0 aromatic carbocycles. The van der Waals surface area contributed by atoms with Crippen LogP contribution in [0.4, 0.5) is 5.82 Å². The third-order valence-electron chi connectivity index (χ3n) is 4.03. The molecule has 0 bridgehead atoms. The fourth-order valence-corrected chi connectivity index (χ4v) is 2.40. The number of nitrogens with two attached hydrogens (primary N) is 3. The second-order valence-corrected chi connectivity index (χ2v) is 5.98. The SMILES string of the molecule is C[C@@H](O)[C@H](N)C(N)=O.Nc1ncnc2c1ncn2[C@@H]1O[C@H](CO)[C@@H](O)[C@H]1O. The summed E-state index contributed by atoms with van der Waals surface area (Å²) < 4.78 is 6.85. The number of ether oxygens (including phenoxy) is 1. The predicted molar refractivity (Wildman–Crippen MR) is 91.6 cm³/mol. The van der Waals surface area contributed by atoms with Gasteiger partial charge in [0.15, 0.2) is 17.7 Å². The molecule has 13 heteroatoms. The molecule has 10 N–H and O–H groups in total. The number of carbonyl (C=O) groups is 1. The van der Waals surface area contributed by atoms with E-state index in [-0.39, 0.29) is 5.82 Å². The summed E-state index contributed by atoms with van der Waals surface area (Å²) in [6.07, 6.45) is -2.28. The Morgan fingerprint density at radius 2 is 2.00 bits per heavy atom. The first-order valence-corrected chi connectivity index (χ1v) is 7.97. The lowest BCUT2D eigenvalue weighted by Gasteiger charge is -2.16. The number of rotatable bonds is 4. The second kappa shape index (κ2) is 8.51. The number of hydrogen-bond acceptors (Lipinski definition) is 11. The molecule has 27 heavy (non-hydrogen) atoms. The Labute approximate surface area is 153 Å². The van der Waals surface area contributed by atoms with Crippen LogP contribution in [0.3, 0.4) is 0 Å². The summed E-state index contributed by atoms with van der Waals surface area (Å²) in [6.45, 7) is 1.02. The first kappa shape index (κ1) is 20.9. The van der Waals surface area contributed by atoms with E-state index in [2.05, 4.69) is 15.0 Å². The topological polar surface area (TPSA) is 229 Å². The van der Waals surface area contributed by atoms with Crippen molar-refractivity contribution in [3.63, 3.8) is 0 Å². The number of amides is 1. The Balaban J connectivity index is 0.000000279. The van der Waals surface area contributed by atoms with Crippen molar-refractivity contribution in [1.82, 2.24) is 19.5 Å². The van der Waals surface area contributed by atoms with E-state index >= 15 is 0 Å². The van der Waals surface area contributed by atoms with Gasteiger partial charge in [-0.1, -0.05) is 0 Å². The molecule has 1 saturated heterocycles. The summed E-state index contributed by atoms with van der Waals surface area (Å²) in [5, 5.41) is 37.3. The van der Waals surface area contributed by atoms with Crippen molar-refractivity contribution < 1.29 is 30.0 Å². The van der Waals surface area contributed by atoms with Gasteiger partial charge in [0.05, 0.1) is 19.0 Å². The molecular formula is C14H23N7O6. The fraction of sp³-hybridized carbons (Fsp3) is 0.571. The van der Waals surface area contributed by atoms with Gasteiger partial charge in [0.25, 0.3) is 0 Å². The van der Waals surface area contributed by atoms with Crippen LogP contribution in [0, 0.1) is 0 Å². The minimum atomic E-state index is -1.19. The van der Waals surface area contributed by atoms with Crippen molar-refractivity contribution in [3.8, 4) is 0 Å². The summed E-state index contributed by atoms with van der Waals surface area (Å²) in [4.78, 5) is 22.0. The molecule has 6 atom stereocenters. The molecule has 1 amide bonds. The summed E-state index contributed by atoms with van der Waals surface area (Å²) in [5.41, 5.74) is 16.2. The molecule has 1 aliphatic rings. The quantitative estimate of drug-likeness (QED) is 0.270. The number of anilines is 1. The van der Waals surface area contributed by atoms with Crippen LogP contribution in [0.1, 0.15) is 13.2 Å². The van der Waals surface area contributed by atoms with Gasteiger partial charge < -0.3 is 42.4 Å². The maximum absolute atomic E-state index is 10.1. The third-order valence-corrected chi connectivity index (χ3v) is 4.03. The van der Waals surface area contributed by atoms with Crippen LogP contribution in [-0.2, 0) is 9.53 Å². The number of hydrogen-bond donors (Lipinski definition) is 7. The van der Waals surface area contributed by atoms with E-state index in [1.165, 1.54) is 24.1 Å². The van der Waals surface area contributed by atoms with Gasteiger partial charge in [-0.25, -0.2) is 15.0 Å². The van der Waals surface area contributed by atoms with E-state index in [9.17, 15) is 15.0 Å². The maximum atomic E-state index is 10.1. The zero-order chi connectivity index (χ0) is 20.3. The van der Waals surface area contributed by atoms with Crippen molar-refractivity contribution >= 4 is 22.9 Å². The van der Waals surface area contributed by atoms with E-state index in [1.54, 1.807) is 0 Å². The van der Waals surface area contributed by atoms with Gasteiger partial charge in [0.1, 0.15) is 36.2 Å². The van der Waals surface area contributed by atoms with Gasteiger partial charge in [0.2, 0.25) is 5.91 Å². The third kappa shape index (κ3) is 4.29. The molecule has 0 aliphatic carbocycles. The number of imidazole rings is 1. The van der Waals surface area contributed by atoms with Gasteiger partial charge >= 0.3 is 0 Å². The summed E-state index contributed by atoms with van der Waals surface area (Å²) in [6, 6.07) is -0.935. The molecule has 0 saturated carbocycles. The van der Waals surface area contributed by atoms with Crippen molar-refractivity contribution in [2.24, 2.45) is 11.5 Å². The molecule has 0 spiro atoms. The number of primary amides is 1. The number of carbonyl (C=O) groups excluding carboxylic acids is 1. The zero-order valence-corrected chi connectivity index (χ0v) is 14.5. The second-order valence-electron chi connectivity index (χ2n) is 5.98. The van der Waals surface area contributed by atoms with Gasteiger partial charge in [-0.3, -0.25) is 9.36 Å². The van der Waals surface area contributed by atoms with Crippen LogP contribution in [0.25, 0.3) is 11.2 Å². The highest BCUT2D eigenvalue weighted by atomic mass is 16.6. The van der Waals surface area contributed by atoms with E-state index in [4.69, 9.17) is 32.2 Å². The molecule has 2 aromatic rings. The monoisotopic (exact) mass is 385 g/mol. The largest absolute Gasteiger partial charge is 0.394 e. The Kier molecular flexibility index (Phi) is 6.59. The van der Waals surface area contributed by atoms with E-state index < -0.39 is 49.2 Å². The highest BCUT2D eigenvalue weighted by Crippen LogP contribution is 2.31. The predicted octanol–water partition coefficient (Wildman–Crippen LogP) is -3.80. The Bertz CT molecular complexity index is 784. The lowest BCUT2D eigenvalue weighted by Crippen LogP contribution is -2.44. The molecule has 3 heterocycles. The minimum Gasteiger partial charge on any atom is -0.394 e. The average molecular weight is 385 g/mol. The Morgan fingerprint density at radius 3 is 2.48 bits per heavy atom. The number of fused-ring (bicyclic) bond motifs is 1. The summed E-state index contributed by atoms with van der Waals surface area (Å²) in [5.74, 6) is -0.463. The lowest BCUT2D eigenvalue weighted by atomic mass is 10.1. The zero-order valence-electron chi connectivity index (χ0n) is 14.5. The first-order chi connectivity index (χ1) is 12.7. The van der Waals surface area contributed by atoms with E-state index in [1.807, 2.05) is 0 Å². The Morgan fingerprint density at radius 1 is 1.33 bits per heavy atom. The number of aliphatic hydroxyl groups is 4. The lowest BCUT2D eigenvalue weighted by molar-refractivity contribution is -0.121. The molecule has 150 valence electrons. The van der Waals surface area contributed by atoms with Crippen molar-refractivity contribution in [1.29, 1.82) is 0 Å². The molecule has 13 nitrogen and oxygen atoms in total. The van der Waals surface area contributed by atoms with Gasteiger partial charge in [0, 0.05) is 0 Å². The molecule has 1 fully saturated rings. The number of aromatic nitrogens is 4. The van der Waals surface area contributed by atoms with Crippen molar-refractivity contribution in [3.05, 3.63) is 12.7 Å². The molecule has 3 rings (SSSR count). The number of nitrogens with zero attached hydrogens (tertiary/aromatic N) is 4. The number of aliphatic hydroxyl groups excluding tert-OH is 4. The summed E-state index contributed by atoms with van der Waals surface area (Å²) >= 11 is 0. The first-order valence-electron chi connectivity index (χ1n) is 7.97. The molecule has 0 radical (unpaired) electrons. The highest BCUT2D eigenvalue weighted by molar-refractivity contribution is 5.81. The molecule has 2 aromatic heterocycles. The normalized spacial score (nSPS) is 27.0. The maximum Gasteiger partial charge on any atom is 0.237 e. The van der Waals surface area contributed by atoms with Gasteiger partial charge in [-0.2, -0.15) is 0 Å². The van der Waals surface area contributed by atoms with Gasteiger partial charge in [-0.15, -0.1) is 0 Å². The van der Waals surface area contributed by atoms with E-state index in [0.717, 1.165) is 0 Å². The number of nitrogen functional groups attached to an aromatic ring is 1. The fourth-order valence-electron chi connectivity index (χ4n) is 2.40. The smallest absolute Gasteiger partial charge is 0.237 e. The summed E-state index contributed by atoms with van der Waals surface area (Å²) in [7, 11) is 0. The van der Waals surface area contributed by atoms with Crippen LogP contribution in [0.5, 0.6) is 0 Å². The molecular weight excluding hydrogens is 362 g/mol. The van der Waals surface area contributed by atoms with Crippen molar-refractivity contribution in [2.45, 2.75) is 43.6 Å². The standard InChI is InChI=1S/C10H13N5O4.C4H10N2O2/c11-8-5-9(13-2-12-8)15(3-14-5)10-7(18)6(17)4(1-16)19-10;1-2(7)3(5)4(6)8/h2-4,6-7,10,16-18H,1H2,(H2,11,12,13);2-3,7H,5H2,1H3,(H2,6,8)/t4-,6-,7-,10-;2-,3+/m11/s1. The van der Waals surface area contributed by atoms with Crippen LogP contribution >= 0.6 is 0 Å². The van der Waals surface area contributed by atoms with Crippen LogP contribution in [0.2, 0.25) is 0 Å². The highest BCUT2D eigenvalue weighted by Gasteiger charge is 2.43. The van der Waals surface area contributed by atoms with E-state index in [0.29, 0.717) is 11.2 Å². The Hall–Kier alpha value is -2.42. The minimum absolute atomic E-state index is 0.218.